The van der Waals surface area contributed by atoms with Crippen molar-refractivity contribution in [2.75, 3.05) is 20.3 Å². The highest BCUT2D eigenvalue weighted by molar-refractivity contribution is 5.78. The highest BCUT2D eigenvalue weighted by Crippen LogP contribution is 2.16. The van der Waals surface area contributed by atoms with E-state index >= 15 is 0 Å². The van der Waals surface area contributed by atoms with E-state index < -0.39 is 0 Å². The van der Waals surface area contributed by atoms with Crippen LogP contribution >= 0.6 is 0 Å². The molecule has 0 aliphatic carbocycles. The van der Waals surface area contributed by atoms with Gasteiger partial charge >= 0.3 is 6.03 Å². The summed E-state index contributed by atoms with van der Waals surface area (Å²) in [5.74, 6) is 0.781. The van der Waals surface area contributed by atoms with Gasteiger partial charge in [-0.3, -0.25) is 0 Å². The van der Waals surface area contributed by atoms with Crippen LogP contribution in [0.15, 0.2) is 59.2 Å². The first-order valence-corrected chi connectivity index (χ1v) is 8.43. The Kier molecular flexibility index (Phi) is 6.11. The molecule has 3 aromatic rings. The second-order valence-corrected chi connectivity index (χ2v) is 5.81. The van der Waals surface area contributed by atoms with E-state index in [1.165, 1.54) is 0 Å². The molecule has 6 nitrogen and oxygen atoms in total. The molecule has 26 heavy (non-hydrogen) atoms. The molecule has 0 aliphatic heterocycles. The van der Waals surface area contributed by atoms with Crippen LogP contribution in [0.1, 0.15) is 11.1 Å². The third-order valence-electron chi connectivity index (χ3n) is 3.91. The van der Waals surface area contributed by atoms with Crippen molar-refractivity contribution in [1.29, 1.82) is 0 Å². The second-order valence-electron chi connectivity index (χ2n) is 5.81. The summed E-state index contributed by atoms with van der Waals surface area (Å²) in [6.45, 7) is 1.95. The summed E-state index contributed by atoms with van der Waals surface area (Å²) in [5, 5.41) is 6.73. The fourth-order valence-corrected chi connectivity index (χ4v) is 2.48. The maximum Gasteiger partial charge on any atom is 0.315 e. The second kappa shape index (κ2) is 8.92. The SMILES string of the molecule is COCCOc1ccc(CNC(=O)NCc2ccc3ccoc3c2)cc1. The number of methoxy groups -OCH3 is 1. The normalized spacial score (nSPS) is 10.7. The van der Waals surface area contributed by atoms with Gasteiger partial charge in [-0.15, -0.1) is 0 Å². The van der Waals surface area contributed by atoms with Gasteiger partial charge in [0, 0.05) is 25.6 Å². The van der Waals surface area contributed by atoms with E-state index in [2.05, 4.69) is 10.6 Å². The number of carbonyl (C=O) groups is 1. The Balaban J connectivity index is 1.42. The molecule has 0 bridgehead atoms. The Bertz CT molecular complexity index is 842. The van der Waals surface area contributed by atoms with Gasteiger partial charge in [-0.1, -0.05) is 24.3 Å². The zero-order valence-corrected chi connectivity index (χ0v) is 14.7. The summed E-state index contributed by atoms with van der Waals surface area (Å²) in [4.78, 5) is 12.0. The van der Waals surface area contributed by atoms with Crippen molar-refractivity contribution in [3.8, 4) is 5.75 Å². The molecule has 0 fully saturated rings. The van der Waals surface area contributed by atoms with E-state index in [1.807, 2.05) is 48.5 Å². The number of benzene rings is 2. The largest absolute Gasteiger partial charge is 0.491 e. The van der Waals surface area contributed by atoms with Crippen LogP contribution < -0.4 is 15.4 Å². The average molecular weight is 354 g/mol. The number of hydrogen-bond acceptors (Lipinski definition) is 4. The Hall–Kier alpha value is -2.99. The molecule has 0 aliphatic rings. The number of fused-ring (bicyclic) bond motifs is 1. The van der Waals surface area contributed by atoms with Gasteiger partial charge in [0.15, 0.2) is 0 Å². The van der Waals surface area contributed by atoms with E-state index in [0.717, 1.165) is 27.8 Å². The van der Waals surface area contributed by atoms with E-state index in [0.29, 0.717) is 26.3 Å². The van der Waals surface area contributed by atoms with Crippen LogP contribution in [0, 0.1) is 0 Å². The number of nitrogens with one attached hydrogen (secondary N) is 2. The van der Waals surface area contributed by atoms with E-state index in [4.69, 9.17) is 13.9 Å². The first-order valence-electron chi connectivity index (χ1n) is 8.43. The average Bonchev–Trinajstić information content (AvgIpc) is 3.14. The molecule has 1 heterocycles. The number of carbonyl (C=O) groups excluding carboxylic acids is 1. The molecule has 1 aromatic heterocycles. The first kappa shape index (κ1) is 17.8. The Morgan fingerprint density at radius 2 is 1.69 bits per heavy atom. The molecule has 136 valence electrons. The van der Waals surface area contributed by atoms with Crippen LogP contribution in [0.4, 0.5) is 4.79 Å². The van der Waals surface area contributed by atoms with E-state index in [1.54, 1.807) is 13.4 Å². The van der Waals surface area contributed by atoms with Crippen molar-refractivity contribution in [2.45, 2.75) is 13.1 Å². The van der Waals surface area contributed by atoms with Crippen LogP contribution in [0.25, 0.3) is 11.0 Å². The molecule has 0 atom stereocenters. The van der Waals surface area contributed by atoms with Gasteiger partial charge in [-0.05, 0) is 35.4 Å². The highest BCUT2D eigenvalue weighted by atomic mass is 16.5. The standard InChI is InChI=1S/C20H22N2O4/c1-24-10-11-25-18-6-3-15(4-7-18)13-21-20(23)22-14-16-2-5-17-8-9-26-19(17)12-16/h2-9,12H,10-11,13-14H2,1H3,(H2,21,22,23). The Morgan fingerprint density at radius 3 is 2.46 bits per heavy atom. The van der Waals surface area contributed by atoms with Crippen LogP contribution in [0.3, 0.4) is 0 Å². The predicted molar refractivity (Wildman–Crippen MR) is 99.1 cm³/mol. The van der Waals surface area contributed by atoms with Gasteiger partial charge in [-0.25, -0.2) is 4.79 Å². The quantitative estimate of drug-likeness (QED) is 0.608. The maximum absolute atomic E-state index is 12.0. The van der Waals surface area contributed by atoms with Crippen molar-refractivity contribution in [3.63, 3.8) is 0 Å². The molecule has 0 unspecified atom stereocenters. The first-order chi connectivity index (χ1) is 12.7. The van der Waals surface area contributed by atoms with E-state index in [9.17, 15) is 4.79 Å². The lowest BCUT2D eigenvalue weighted by atomic mass is 10.2. The molecule has 6 heteroatoms. The van der Waals surface area contributed by atoms with Crippen molar-refractivity contribution in [1.82, 2.24) is 10.6 Å². The number of rotatable bonds is 8. The summed E-state index contributed by atoms with van der Waals surface area (Å²) in [5.41, 5.74) is 2.80. The van der Waals surface area contributed by atoms with Crippen LogP contribution in [-0.4, -0.2) is 26.4 Å². The van der Waals surface area contributed by atoms with Crippen molar-refractivity contribution in [2.24, 2.45) is 0 Å². The minimum absolute atomic E-state index is 0.218. The summed E-state index contributed by atoms with van der Waals surface area (Å²) < 4.78 is 15.8. The zero-order valence-electron chi connectivity index (χ0n) is 14.7. The summed E-state index contributed by atoms with van der Waals surface area (Å²) in [7, 11) is 1.64. The van der Waals surface area contributed by atoms with Crippen LogP contribution in [0.5, 0.6) is 5.75 Å². The molecule has 2 N–H and O–H groups in total. The lowest BCUT2D eigenvalue weighted by Crippen LogP contribution is -2.34. The smallest absolute Gasteiger partial charge is 0.315 e. The summed E-state index contributed by atoms with van der Waals surface area (Å²) >= 11 is 0. The van der Waals surface area contributed by atoms with Gasteiger partial charge in [-0.2, -0.15) is 0 Å². The summed E-state index contributed by atoms with van der Waals surface area (Å²) in [6, 6.07) is 15.2. The number of amides is 2. The molecule has 0 radical (unpaired) electrons. The number of furan rings is 1. The molecule has 0 saturated carbocycles. The van der Waals surface area contributed by atoms with Gasteiger partial charge < -0.3 is 24.5 Å². The van der Waals surface area contributed by atoms with Crippen LogP contribution in [-0.2, 0) is 17.8 Å². The minimum atomic E-state index is -0.218. The monoisotopic (exact) mass is 354 g/mol. The fourth-order valence-electron chi connectivity index (χ4n) is 2.48. The summed E-state index contributed by atoms with van der Waals surface area (Å²) in [6.07, 6.45) is 1.66. The van der Waals surface area contributed by atoms with E-state index in [-0.39, 0.29) is 6.03 Å². The lowest BCUT2D eigenvalue weighted by molar-refractivity contribution is 0.146. The van der Waals surface area contributed by atoms with Gasteiger partial charge in [0.1, 0.15) is 17.9 Å². The highest BCUT2D eigenvalue weighted by Gasteiger charge is 2.03. The van der Waals surface area contributed by atoms with Crippen LogP contribution in [0.2, 0.25) is 0 Å². The lowest BCUT2D eigenvalue weighted by Gasteiger charge is -2.09. The number of ether oxygens (including phenoxy) is 2. The topological polar surface area (TPSA) is 72.7 Å². The number of hydrogen-bond donors (Lipinski definition) is 2. The zero-order chi connectivity index (χ0) is 18.2. The van der Waals surface area contributed by atoms with Crippen molar-refractivity contribution in [3.05, 3.63) is 65.9 Å². The van der Waals surface area contributed by atoms with Crippen molar-refractivity contribution >= 4 is 17.0 Å². The third-order valence-corrected chi connectivity index (χ3v) is 3.91. The molecule has 2 amide bonds. The Morgan fingerprint density at radius 1 is 0.962 bits per heavy atom. The maximum atomic E-state index is 12.0. The molecule has 0 spiro atoms. The third kappa shape index (κ3) is 5.00. The molecular weight excluding hydrogens is 332 g/mol. The molecular formula is C20H22N2O4. The molecule has 3 rings (SSSR count). The molecule has 2 aromatic carbocycles. The fraction of sp³-hybridized carbons (Fsp3) is 0.250. The Labute approximate surface area is 152 Å². The number of urea groups is 1. The minimum Gasteiger partial charge on any atom is -0.491 e. The van der Waals surface area contributed by atoms with Gasteiger partial charge in [0.25, 0.3) is 0 Å². The molecule has 0 saturated heterocycles. The predicted octanol–water partition coefficient (Wildman–Crippen LogP) is 3.46. The van der Waals surface area contributed by atoms with Gasteiger partial charge in [0.2, 0.25) is 0 Å². The van der Waals surface area contributed by atoms with Crippen molar-refractivity contribution < 1.29 is 18.7 Å². The van der Waals surface area contributed by atoms with Gasteiger partial charge in [0.05, 0.1) is 12.9 Å².